The molecule has 0 spiro atoms. The fourth-order valence-electron chi connectivity index (χ4n) is 3.00. The summed E-state index contributed by atoms with van der Waals surface area (Å²) >= 11 is 0. The molecule has 0 saturated carbocycles. The highest BCUT2D eigenvalue weighted by molar-refractivity contribution is 7.49. The van der Waals surface area contributed by atoms with E-state index in [1.165, 1.54) is 0 Å². The molecular weight excluding hydrogens is 323 g/mol. The number of benzene rings is 3. The molecule has 4 rings (SSSR count). The van der Waals surface area contributed by atoms with E-state index in [9.17, 15) is 4.89 Å². The summed E-state index contributed by atoms with van der Waals surface area (Å²) in [6.45, 7) is 0. The van der Waals surface area contributed by atoms with Crippen LogP contribution in [0.5, 0.6) is 0 Å². The summed E-state index contributed by atoms with van der Waals surface area (Å²) < 4.78 is 0. The standard InChI is InChI=1S/C23H17OP/c24-25-22(19-12-6-2-7-13-19)16-21(18-10-4-1-5-11-18)17-23(25)20-14-8-3-9-15-20/h1-17H. The largest absolute Gasteiger partial charge is 0.625 e. The Kier molecular flexibility index (Phi) is 4.43. The van der Waals surface area contributed by atoms with Crippen molar-refractivity contribution in [3.8, 4) is 32.8 Å². The van der Waals surface area contributed by atoms with Gasteiger partial charge >= 0.3 is 0 Å². The summed E-state index contributed by atoms with van der Waals surface area (Å²) in [6, 6.07) is 34.4. The molecule has 0 saturated heterocycles. The molecule has 0 unspecified atom stereocenters. The molecule has 120 valence electrons. The predicted molar refractivity (Wildman–Crippen MR) is 105 cm³/mol. The molecular formula is C23H17OP. The molecule has 4 aromatic rings. The van der Waals surface area contributed by atoms with Crippen molar-refractivity contribution in [2.45, 2.75) is 0 Å². The molecule has 1 aromatic heterocycles. The molecule has 0 aliphatic heterocycles. The van der Waals surface area contributed by atoms with Crippen molar-refractivity contribution in [1.29, 1.82) is 0 Å². The second-order valence-corrected chi connectivity index (χ2v) is 7.46. The first-order valence-corrected chi connectivity index (χ1v) is 9.53. The van der Waals surface area contributed by atoms with Gasteiger partial charge in [-0.05, 0) is 23.3 Å². The fraction of sp³-hybridized carbons (Fsp3) is 0. The second kappa shape index (κ2) is 7.03. The Balaban J connectivity index is 1.98. The maximum absolute atomic E-state index is 13.3. The van der Waals surface area contributed by atoms with E-state index in [-0.39, 0.29) is 0 Å². The Morgan fingerprint density at radius 2 is 0.800 bits per heavy atom. The number of rotatable bonds is 3. The van der Waals surface area contributed by atoms with E-state index in [2.05, 4.69) is 24.3 Å². The van der Waals surface area contributed by atoms with Crippen LogP contribution in [0.2, 0.25) is 0 Å². The molecule has 0 N–H and O–H groups in total. The summed E-state index contributed by atoms with van der Waals surface area (Å²) in [5.41, 5.74) is 4.25. The Bertz CT molecular complexity index is 920. The lowest BCUT2D eigenvalue weighted by atomic mass is 10.0. The summed E-state index contributed by atoms with van der Waals surface area (Å²) in [6.07, 6.45) is 0. The maximum atomic E-state index is 13.3. The molecule has 0 fully saturated rings. The highest BCUT2D eigenvalue weighted by Gasteiger charge is 2.18. The van der Waals surface area contributed by atoms with E-state index in [1.807, 2.05) is 78.9 Å². The quantitative estimate of drug-likeness (QED) is 0.443. The van der Waals surface area contributed by atoms with Crippen LogP contribution < -0.4 is 4.89 Å². The molecule has 1 nitrogen and oxygen atoms in total. The predicted octanol–water partition coefficient (Wildman–Crippen LogP) is 6.08. The van der Waals surface area contributed by atoms with Crippen LogP contribution >= 0.6 is 7.76 Å². The van der Waals surface area contributed by atoms with Gasteiger partial charge in [-0.1, -0.05) is 91.0 Å². The Morgan fingerprint density at radius 1 is 0.440 bits per heavy atom. The minimum atomic E-state index is -1.64. The Labute approximate surface area is 149 Å². The van der Waals surface area contributed by atoms with Crippen molar-refractivity contribution < 1.29 is 4.89 Å². The third-order valence-corrected chi connectivity index (χ3v) is 5.92. The zero-order valence-corrected chi connectivity index (χ0v) is 14.6. The van der Waals surface area contributed by atoms with Crippen LogP contribution in [0.4, 0.5) is 0 Å². The third kappa shape index (κ3) is 3.25. The van der Waals surface area contributed by atoms with Gasteiger partial charge in [-0.2, -0.15) is 0 Å². The van der Waals surface area contributed by atoms with Gasteiger partial charge in [-0.15, -0.1) is 0 Å². The first-order valence-electron chi connectivity index (χ1n) is 8.27. The van der Waals surface area contributed by atoms with Crippen molar-refractivity contribution in [2.75, 3.05) is 0 Å². The number of hydrogen-bond donors (Lipinski definition) is 0. The molecule has 0 aliphatic rings. The summed E-state index contributed by atoms with van der Waals surface area (Å²) in [5, 5.41) is 1.77. The summed E-state index contributed by atoms with van der Waals surface area (Å²) in [7, 11) is -1.64. The van der Waals surface area contributed by atoms with Crippen LogP contribution in [-0.4, -0.2) is 0 Å². The maximum Gasteiger partial charge on any atom is 0.153 e. The summed E-state index contributed by atoms with van der Waals surface area (Å²) in [5.74, 6) is 0. The van der Waals surface area contributed by atoms with E-state index in [4.69, 9.17) is 0 Å². The zero-order valence-electron chi connectivity index (χ0n) is 13.7. The van der Waals surface area contributed by atoms with Gasteiger partial charge < -0.3 is 4.89 Å². The minimum absolute atomic E-state index is 0.885. The summed E-state index contributed by atoms with van der Waals surface area (Å²) in [4.78, 5) is 13.3. The molecule has 0 radical (unpaired) electrons. The van der Waals surface area contributed by atoms with Gasteiger partial charge in [0, 0.05) is 11.1 Å². The average molecular weight is 340 g/mol. The van der Waals surface area contributed by atoms with Crippen molar-refractivity contribution >= 4 is 7.76 Å². The molecule has 0 aliphatic carbocycles. The zero-order chi connectivity index (χ0) is 17.1. The molecule has 0 amide bonds. The molecule has 1 heterocycles. The van der Waals surface area contributed by atoms with E-state index in [0.717, 1.165) is 32.8 Å². The molecule has 3 aromatic carbocycles. The van der Waals surface area contributed by atoms with Crippen LogP contribution in [0.15, 0.2) is 103 Å². The van der Waals surface area contributed by atoms with Crippen molar-refractivity contribution in [1.82, 2.24) is 0 Å². The fourth-order valence-corrected chi connectivity index (χ4v) is 4.54. The lowest BCUT2D eigenvalue weighted by molar-refractivity contribution is -0.149. The second-order valence-electron chi connectivity index (χ2n) is 5.91. The van der Waals surface area contributed by atoms with Crippen LogP contribution in [0, 0.1) is 0 Å². The monoisotopic (exact) mass is 340 g/mol. The molecule has 0 bridgehead atoms. The first-order chi connectivity index (χ1) is 12.3. The van der Waals surface area contributed by atoms with Gasteiger partial charge in [0.2, 0.25) is 0 Å². The Morgan fingerprint density at radius 3 is 1.20 bits per heavy atom. The topological polar surface area (TPSA) is 23.1 Å². The highest BCUT2D eigenvalue weighted by atomic mass is 31.1. The van der Waals surface area contributed by atoms with Gasteiger partial charge in [0.15, 0.2) is 10.6 Å². The molecule has 0 atom stereocenters. The van der Waals surface area contributed by atoms with E-state index in [1.54, 1.807) is 0 Å². The van der Waals surface area contributed by atoms with Crippen molar-refractivity contribution in [2.24, 2.45) is 0 Å². The normalized spacial score (nSPS) is 10.6. The lowest BCUT2D eigenvalue weighted by Crippen LogP contribution is -1.93. The average Bonchev–Trinajstić information content (AvgIpc) is 2.70. The van der Waals surface area contributed by atoms with Gasteiger partial charge in [0.05, 0.1) is 7.76 Å². The molecule has 2 heteroatoms. The van der Waals surface area contributed by atoms with E-state index >= 15 is 0 Å². The lowest BCUT2D eigenvalue weighted by Gasteiger charge is -2.11. The van der Waals surface area contributed by atoms with Crippen LogP contribution in [-0.2, 0) is 0 Å². The van der Waals surface area contributed by atoms with Gasteiger partial charge in [0.1, 0.15) is 0 Å². The van der Waals surface area contributed by atoms with Crippen LogP contribution in [0.3, 0.4) is 0 Å². The highest BCUT2D eigenvalue weighted by Crippen LogP contribution is 2.46. The minimum Gasteiger partial charge on any atom is -0.625 e. The third-order valence-electron chi connectivity index (χ3n) is 4.27. The number of hydrogen-bond acceptors (Lipinski definition) is 1. The molecule has 25 heavy (non-hydrogen) atoms. The van der Waals surface area contributed by atoms with Crippen molar-refractivity contribution in [3.63, 3.8) is 0 Å². The van der Waals surface area contributed by atoms with E-state index in [0.29, 0.717) is 0 Å². The van der Waals surface area contributed by atoms with E-state index < -0.39 is 7.76 Å². The Hall–Kier alpha value is -2.73. The van der Waals surface area contributed by atoms with Gasteiger partial charge in [-0.3, -0.25) is 0 Å². The van der Waals surface area contributed by atoms with Crippen LogP contribution in [0.1, 0.15) is 0 Å². The van der Waals surface area contributed by atoms with Gasteiger partial charge in [0.25, 0.3) is 0 Å². The first kappa shape index (κ1) is 15.8. The SMILES string of the molecule is [O-][p+]1c(-c2ccccc2)cc(-c2ccccc2)cc1-c1ccccc1. The van der Waals surface area contributed by atoms with Gasteiger partial charge in [-0.25, -0.2) is 0 Å². The smallest absolute Gasteiger partial charge is 0.153 e. The van der Waals surface area contributed by atoms with Crippen LogP contribution in [0.25, 0.3) is 32.8 Å². The van der Waals surface area contributed by atoms with Crippen molar-refractivity contribution in [3.05, 3.63) is 103 Å².